The number of rotatable bonds is 10. The number of carbonyl (C=O) groups is 3. The maximum atomic E-state index is 13.2. The van der Waals surface area contributed by atoms with Crippen LogP contribution in [0.15, 0.2) is 89.5 Å². The number of carbonyl (C=O) groups excluding carboxylic acids is 3. The number of aryl methyl sites for hydroxylation is 2. The van der Waals surface area contributed by atoms with Crippen LogP contribution < -0.4 is 20.9 Å². The minimum Gasteiger partial charge on any atom is -0.459 e. The number of nitrogens with zero attached hydrogens (tertiary/aromatic N) is 2. The minimum absolute atomic E-state index is 0.0361. The summed E-state index contributed by atoms with van der Waals surface area (Å²) in [6.45, 7) is 5.33. The highest BCUT2D eigenvalue weighted by atomic mass is 16.3. The molecule has 0 unspecified atom stereocenters. The van der Waals surface area contributed by atoms with Gasteiger partial charge < -0.3 is 25.3 Å². The lowest BCUT2D eigenvalue weighted by Crippen LogP contribution is -2.47. The third-order valence-electron chi connectivity index (χ3n) is 7.52. The molecule has 0 bridgehead atoms. The molecule has 0 atom stereocenters. The Morgan fingerprint density at radius 1 is 0.854 bits per heavy atom. The molecule has 2 amide bonds. The maximum Gasteiger partial charge on any atom is 0.291 e. The first-order chi connectivity index (χ1) is 19.9. The molecule has 3 aromatic carbocycles. The normalized spacial score (nSPS) is 13.2. The van der Waals surface area contributed by atoms with E-state index in [2.05, 4.69) is 40.2 Å². The zero-order valence-corrected chi connectivity index (χ0v) is 23.1. The van der Waals surface area contributed by atoms with Crippen molar-refractivity contribution in [3.63, 3.8) is 0 Å². The molecular weight excluding hydrogens is 516 g/mol. The van der Waals surface area contributed by atoms with Crippen LogP contribution in [0.1, 0.15) is 55.2 Å². The first-order valence-corrected chi connectivity index (χ1v) is 13.9. The fraction of sp³-hybridized carbons (Fsp3) is 0.242. The second-order valence-electron chi connectivity index (χ2n) is 10.2. The number of amides is 2. The van der Waals surface area contributed by atoms with Gasteiger partial charge in [-0.1, -0.05) is 36.4 Å². The third kappa shape index (κ3) is 6.49. The van der Waals surface area contributed by atoms with Gasteiger partial charge in [0.1, 0.15) is 0 Å². The van der Waals surface area contributed by atoms with Crippen LogP contribution in [-0.4, -0.2) is 43.8 Å². The average Bonchev–Trinajstić information content (AvgIpc) is 3.53. The smallest absolute Gasteiger partial charge is 0.291 e. The Balaban J connectivity index is 1.31. The Labute approximate surface area is 239 Å². The Morgan fingerprint density at radius 2 is 1.56 bits per heavy atom. The van der Waals surface area contributed by atoms with E-state index >= 15 is 0 Å². The molecule has 41 heavy (non-hydrogen) atoms. The number of nitrogens with two attached hydrogens (primary N) is 1. The maximum absolute atomic E-state index is 13.2. The van der Waals surface area contributed by atoms with Gasteiger partial charge in [-0.15, -0.1) is 0 Å². The summed E-state index contributed by atoms with van der Waals surface area (Å²) in [7, 11) is 0. The lowest BCUT2D eigenvalue weighted by molar-refractivity contribution is 0.0975. The number of benzene rings is 3. The Morgan fingerprint density at radius 3 is 2.27 bits per heavy atom. The van der Waals surface area contributed by atoms with Gasteiger partial charge in [-0.25, -0.2) is 0 Å². The number of para-hydroxylation sites is 1. The van der Waals surface area contributed by atoms with Gasteiger partial charge in [0, 0.05) is 49.4 Å². The van der Waals surface area contributed by atoms with Crippen molar-refractivity contribution in [2.75, 3.05) is 41.3 Å². The van der Waals surface area contributed by atoms with Crippen LogP contribution in [-0.2, 0) is 6.42 Å². The third-order valence-corrected chi connectivity index (χ3v) is 7.52. The zero-order valence-electron chi connectivity index (χ0n) is 23.1. The molecule has 1 aliphatic heterocycles. The van der Waals surface area contributed by atoms with Crippen LogP contribution >= 0.6 is 0 Å². The van der Waals surface area contributed by atoms with E-state index in [0.29, 0.717) is 36.1 Å². The predicted molar refractivity (Wildman–Crippen MR) is 161 cm³/mol. The zero-order chi connectivity index (χ0) is 28.8. The number of anilines is 3. The van der Waals surface area contributed by atoms with Gasteiger partial charge in [0.05, 0.1) is 17.6 Å². The van der Waals surface area contributed by atoms with Gasteiger partial charge in [-0.2, -0.15) is 0 Å². The van der Waals surface area contributed by atoms with Crippen molar-refractivity contribution in [2.45, 2.75) is 26.2 Å². The number of hydrogen-bond acceptors (Lipinski definition) is 6. The van der Waals surface area contributed by atoms with E-state index in [-0.39, 0.29) is 17.5 Å². The summed E-state index contributed by atoms with van der Waals surface area (Å²) < 4.78 is 5.29. The second-order valence-corrected chi connectivity index (χ2v) is 10.2. The fourth-order valence-corrected chi connectivity index (χ4v) is 5.35. The van der Waals surface area contributed by atoms with Gasteiger partial charge in [0.15, 0.2) is 11.5 Å². The lowest BCUT2D eigenvalue weighted by atomic mass is 9.98. The minimum atomic E-state index is -0.473. The number of hydrogen-bond donors (Lipinski definition) is 2. The van der Waals surface area contributed by atoms with Crippen LogP contribution in [0.4, 0.5) is 17.1 Å². The molecule has 0 spiro atoms. The molecule has 8 heteroatoms. The molecule has 2 heterocycles. The summed E-state index contributed by atoms with van der Waals surface area (Å²) in [4.78, 5) is 42.5. The summed E-state index contributed by atoms with van der Waals surface area (Å²) in [5, 5.41) is 2.97. The highest BCUT2D eigenvalue weighted by Gasteiger charge is 2.23. The van der Waals surface area contributed by atoms with E-state index in [9.17, 15) is 14.4 Å². The van der Waals surface area contributed by atoms with Gasteiger partial charge in [0.25, 0.3) is 5.91 Å². The Bertz CT molecular complexity index is 1540. The van der Waals surface area contributed by atoms with Crippen LogP contribution in [0.25, 0.3) is 0 Å². The molecule has 0 radical (unpaired) electrons. The first-order valence-electron chi connectivity index (χ1n) is 13.9. The summed E-state index contributed by atoms with van der Waals surface area (Å²) in [5.74, 6) is -0.683. The fourth-order valence-electron chi connectivity index (χ4n) is 5.35. The molecular formula is C33H34N4O4. The van der Waals surface area contributed by atoms with E-state index in [1.165, 1.54) is 17.5 Å². The monoisotopic (exact) mass is 550 g/mol. The SMILES string of the molecule is Cc1ccccc1N1CCN(c2ccc(C(=O)CCCc3ccccc3C(N)=O)cc2NC(=O)c2ccco2)CC1. The van der Waals surface area contributed by atoms with Crippen molar-refractivity contribution in [1.29, 1.82) is 0 Å². The first kappa shape index (κ1) is 27.7. The van der Waals surface area contributed by atoms with Crippen LogP contribution in [0, 0.1) is 6.92 Å². The number of ketones is 1. The number of Topliss-reactive ketones (excluding diaryl/α,β-unsaturated/α-hetero) is 1. The molecule has 1 aliphatic rings. The summed E-state index contributed by atoms with van der Waals surface area (Å²) in [6.07, 6.45) is 2.89. The number of piperazine rings is 1. The molecule has 0 aliphatic carbocycles. The number of primary amides is 1. The number of nitrogens with one attached hydrogen (secondary N) is 1. The largest absolute Gasteiger partial charge is 0.459 e. The van der Waals surface area contributed by atoms with E-state index in [4.69, 9.17) is 10.2 Å². The molecule has 3 N–H and O–H groups in total. The van der Waals surface area contributed by atoms with E-state index < -0.39 is 5.91 Å². The highest BCUT2D eigenvalue weighted by molar-refractivity contribution is 6.06. The van der Waals surface area contributed by atoms with Crippen molar-refractivity contribution >= 4 is 34.7 Å². The molecule has 1 saturated heterocycles. The van der Waals surface area contributed by atoms with Crippen molar-refractivity contribution < 1.29 is 18.8 Å². The molecule has 1 aromatic heterocycles. The van der Waals surface area contributed by atoms with Gasteiger partial charge in [0.2, 0.25) is 5.91 Å². The van der Waals surface area contributed by atoms with Crippen molar-refractivity contribution in [2.24, 2.45) is 5.73 Å². The van der Waals surface area contributed by atoms with Crippen molar-refractivity contribution in [3.05, 3.63) is 113 Å². The second kappa shape index (κ2) is 12.6. The van der Waals surface area contributed by atoms with Crippen molar-refractivity contribution in [3.8, 4) is 0 Å². The predicted octanol–water partition coefficient (Wildman–Crippen LogP) is 5.47. The number of furan rings is 1. The lowest BCUT2D eigenvalue weighted by Gasteiger charge is -2.38. The van der Waals surface area contributed by atoms with Crippen molar-refractivity contribution in [1.82, 2.24) is 0 Å². The topological polar surface area (TPSA) is 109 Å². The van der Waals surface area contributed by atoms with E-state index in [0.717, 1.165) is 37.4 Å². The van der Waals surface area contributed by atoms with Gasteiger partial charge >= 0.3 is 0 Å². The van der Waals surface area contributed by atoms with Crippen LogP contribution in [0.3, 0.4) is 0 Å². The summed E-state index contributed by atoms with van der Waals surface area (Å²) in [6, 6.07) is 24.3. The van der Waals surface area contributed by atoms with Crippen LogP contribution in [0.5, 0.6) is 0 Å². The highest BCUT2D eigenvalue weighted by Crippen LogP contribution is 2.31. The molecule has 5 rings (SSSR count). The quantitative estimate of drug-likeness (QED) is 0.254. The van der Waals surface area contributed by atoms with Gasteiger partial charge in [-0.05, 0) is 73.4 Å². The summed E-state index contributed by atoms with van der Waals surface area (Å²) >= 11 is 0. The van der Waals surface area contributed by atoms with E-state index in [1.807, 2.05) is 30.3 Å². The molecule has 1 fully saturated rings. The molecule has 210 valence electrons. The standard InChI is InChI=1S/C33H34N4O4/c1-23-8-2-5-12-28(23)36-17-19-37(20-18-36)29-16-15-25(22-27(29)35-33(40)31-14-7-21-41-31)30(38)13-6-10-24-9-3-4-11-26(24)32(34)39/h2-5,7-9,11-12,14-16,21-22H,6,10,13,17-20H2,1H3,(H2,34,39)(H,35,40). The molecule has 8 nitrogen and oxygen atoms in total. The Kier molecular flexibility index (Phi) is 8.48. The molecule has 0 saturated carbocycles. The average molecular weight is 551 g/mol. The van der Waals surface area contributed by atoms with Gasteiger partial charge in [-0.3, -0.25) is 14.4 Å². The van der Waals surface area contributed by atoms with Crippen LogP contribution in [0.2, 0.25) is 0 Å². The Hall–Kier alpha value is -4.85. The summed E-state index contributed by atoms with van der Waals surface area (Å²) in [5.41, 5.74) is 11.2. The molecule has 4 aromatic rings. The van der Waals surface area contributed by atoms with E-state index in [1.54, 1.807) is 30.3 Å².